The van der Waals surface area contributed by atoms with Crippen LogP contribution in [0.5, 0.6) is 0 Å². The van der Waals surface area contributed by atoms with Gasteiger partial charge in [0, 0.05) is 24.6 Å². The Morgan fingerprint density at radius 2 is 2.00 bits per heavy atom. The molecule has 4 nitrogen and oxygen atoms in total. The van der Waals surface area contributed by atoms with Gasteiger partial charge in [0.05, 0.1) is 4.90 Å². The lowest BCUT2D eigenvalue weighted by atomic mass is 10.2. The van der Waals surface area contributed by atoms with E-state index in [2.05, 4.69) is 28.2 Å². The first-order valence-electron chi connectivity index (χ1n) is 6.82. The highest BCUT2D eigenvalue weighted by atomic mass is 79.9. The Bertz CT molecular complexity index is 532. The molecule has 0 spiro atoms. The SMILES string of the molecule is CCCCCN(C)S(=O)(=O)c1ccc(CNC)cc1Br. The molecule has 0 aliphatic heterocycles. The average molecular weight is 363 g/mol. The lowest BCUT2D eigenvalue weighted by molar-refractivity contribution is 0.454. The highest BCUT2D eigenvalue weighted by molar-refractivity contribution is 9.10. The summed E-state index contributed by atoms with van der Waals surface area (Å²) < 4.78 is 27.0. The van der Waals surface area contributed by atoms with Crippen LogP contribution >= 0.6 is 15.9 Å². The van der Waals surface area contributed by atoms with E-state index in [1.165, 1.54) is 4.31 Å². The van der Waals surface area contributed by atoms with Gasteiger partial charge in [-0.1, -0.05) is 25.8 Å². The molecule has 0 saturated carbocycles. The molecule has 0 bridgehead atoms. The number of rotatable bonds is 8. The number of hydrogen-bond donors (Lipinski definition) is 1. The minimum absolute atomic E-state index is 0.330. The van der Waals surface area contributed by atoms with Crippen molar-refractivity contribution in [3.63, 3.8) is 0 Å². The molecule has 0 unspecified atom stereocenters. The largest absolute Gasteiger partial charge is 0.316 e. The Hall–Kier alpha value is -0.430. The van der Waals surface area contributed by atoms with Gasteiger partial charge >= 0.3 is 0 Å². The van der Waals surface area contributed by atoms with Crippen molar-refractivity contribution in [2.24, 2.45) is 0 Å². The Morgan fingerprint density at radius 1 is 1.30 bits per heavy atom. The zero-order valence-electron chi connectivity index (χ0n) is 12.3. The van der Waals surface area contributed by atoms with Crippen LogP contribution in [0, 0.1) is 0 Å². The molecule has 0 radical (unpaired) electrons. The van der Waals surface area contributed by atoms with Crippen LogP contribution in [0.1, 0.15) is 31.7 Å². The standard InChI is InChI=1S/C14H23BrN2O2S/c1-4-5-6-9-17(3)20(18,19)14-8-7-12(11-16-2)10-13(14)15/h7-8,10,16H,4-6,9,11H2,1-3H3. The van der Waals surface area contributed by atoms with Gasteiger partial charge in [0.1, 0.15) is 0 Å². The van der Waals surface area contributed by atoms with Gasteiger partial charge in [0.2, 0.25) is 10.0 Å². The predicted molar refractivity (Wildman–Crippen MR) is 86.2 cm³/mol. The van der Waals surface area contributed by atoms with Gasteiger partial charge in [-0.25, -0.2) is 12.7 Å². The molecule has 1 N–H and O–H groups in total. The molecule has 0 atom stereocenters. The van der Waals surface area contributed by atoms with Crippen LogP contribution in [0.4, 0.5) is 0 Å². The fraction of sp³-hybridized carbons (Fsp3) is 0.571. The highest BCUT2D eigenvalue weighted by Crippen LogP contribution is 2.26. The Morgan fingerprint density at radius 3 is 2.55 bits per heavy atom. The second-order valence-electron chi connectivity index (χ2n) is 4.83. The average Bonchev–Trinajstić information content (AvgIpc) is 2.39. The normalized spacial score (nSPS) is 12.1. The van der Waals surface area contributed by atoms with Crippen molar-refractivity contribution in [1.82, 2.24) is 9.62 Å². The van der Waals surface area contributed by atoms with Crippen molar-refractivity contribution < 1.29 is 8.42 Å². The molecule has 1 rings (SSSR count). The molecule has 0 aromatic heterocycles. The summed E-state index contributed by atoms with van der Waals surface area (Å²) in [5.74, 6) is 0. The first kappa shape index (κ1) is 17.6. The number of benzene rings is 1. The van der Waals surface area contributed by atoms with Crippen molar-refractivity contribution in [2.45, 2.75) is 37.6 Å². The molecule has 6 heteroatoms. The summed E-state index contributed by atoms with van der Waals surface area (Å²) in [5.41, 5.74) is 1.05. The van der Waals surface area contributed by atoms with Crippen molar-refractivity contribution in [2.75, 3.05) is 20.6 Å². The summed E-state index contributed by atoms with van der Waals surface area (Å²) in [6.45, 7) is 3.37. The lowest BCUT2D eigenvalue weighted by Gasteiger charge is -2.18. The monoisotopic (exact) mass is 362 g/mol. The summed E-state index contributed by atoms with van der Waals surface area (Å²) in [6.07, 6.45) is 3.01. The Labute approximate surface area is 130 Å². The molecule has 0 aliphatic rings. The van der Waals surface area contributed by atoms with E-state index in [0.29, 0.717) is 22.5 Å². The fourth-order valence-electron chi connectivity index (χ4n) is 1.94. The molecule has 0 fully saturated rings. The molecule has 114 valence electrons. The molecule has 0 aliphatic carbocycles. The van der Waals surface area contributed by atoms with Crippen LogP contribution in [-0.2, 0) is 16.6 Å². The Kier molecular flexibility index (Phi) is 7.15. The van der Waals surface area contributed by atoms with Gasteiger partial charge in [0.15, 0.2) is 0 Å². The minimum atomic E-state index is -3.42. The van der Waals surface area contributed by atoms with Gasteiger partial charge < -0.3 is 5.32 Å². The van der Waals surface area contributed by atoms with E-state index < -0.39 is 10.0 Å². The van der Waals surface area contributed by atoms with Crippen LogP contribution < -0.4 is 5.32 Å². The third-order valence-corrected chi connectivity index (χ3v) is 5.98. The van der Waals surface area contributed by atoms with E-state index in [4.69, 9.17) is 0 Å². The van der Waals surface area contributed by atoms with E-state index in [1.54, 1.807) is 13.1 Å². The summed E-state index contributed by atoms with van der Waals surface area (Å²) >= 11 is 3.37. The van der Waals surface area contributed by atoms with E-state index in [1.807, 2.05) is 19.2 Å². The van der Waals surface area contributed by atoms with Gasteiger partial charge in [-0.15, -0.1) is 0 Å². The van der Waals surface area contributed by atoms with Crippen molar-refractivity contribution in [3.05, 3.63) is 28.2 Å². The second kappa shape index (κ2) is 8.12. The third kappa shape index (κ3) is 4.55. The zero-order chi connectivity index (χ0) is 15.2. The zero-order valence-corrected chi connectivity index (χ0v) is 14.7. The summed E-state index contributed by atoms with van der Waals surface area (Å²) in [6, 6.07) is 5.36. The molecule has 1 aromatic rings. The maximum Gasteiger partial charge on any atom is 0.243 e. The molecule has 0 saturated heterocycles. The van der Waals surface area contributed by atoms with E-state index in [0.717, 1.165) is 24.8 Å². The number of halogens is 1. The second-order valence-corrected chi connectivity index (χ2v) is 7.70. The van der Waals surface area contributed by atoms with Crippen LogP contribution in [0.3, 0.4) is 0 Å². The van der Waals surface area contributed by atoms with Gasteiger partial charge in [-0.05, 0) is 47.1 Å². The maximum absolute atomic E-state index is 12.5. The third-order valence-electron chi connectivity index (χ3n) is 3.14. The molecule has 1 aromatic carbocycles. The lowest BCUT2D eigenvalue weighted by Crippen LogP contribution is -2.28. The van der Waals surface area contributed by atoms with Gasteiger partial charge in [0.25, 0.3) is 0 Å². The quantitative estimate of drug-likeness (QED) is 0.723. The number of nitrogens with one attached hydrogen (secondary N) is 1. The number of sulfonamides is 1. The minimum Gasteiger partial charge on any atom is -0.316 e. The predicted octanol–water partition coefficient (Wildman–Crippen LogP) is 2.98. The summed E-state index contributed by atoms with van der Waals surface area (Å²) in [7, 11) is 0.0832. The number of hydrogen-bond acceptors (Lipinski definition) is 3. The van der Waals surface area contributed by atoms with Gasteiger partial charge in [-0.2, -0.15) is 0 Å². The maximum atomic E-state index is 12.5. The van der Waals surface area contributed by atoms with Crippen molar-refractivity contribution in [3.8, 4) is 0 Å². The van der Waals surface area contributed by atoms with Crippen LogP contribution in [-0.4, -0.2) is 33.4 Å². The van der Waals surface area contributed by atoms with Crippen LogP contribution in [0.15, 0.2) is 27.6 Å². The smallest absolute Gasteiger partial charge is 0.243 e. The Balaban J connectivity index is 2.91. The van der Waals surface area contributed by atoms with Crippen molar-refractivity contribution >= 4 is 26.0 Å². The van der Waals surface area contributed by atoms with Crippen molar-refractivity contribution in [1.29, 1.82) is 0 Å². The van der Waals surface area contributed by atoms with E-state index in [-0.39, 0.29) is 0 Å². The number of unbranched alkanes of at least 4 members (excludes halogenated alkanes) is 2. The van der Waals surface area contributed by atoms with E-state index in [9.17, 15) is 8.42 Å². The fourth-order valence-corrected chi connectivity index (χ4v) is 4.23. The molecular weight excluding hydrogens is 340 g/mol. The van der Waals surface area contributed by atoms with Gasteiger partial charge in [-0.3, -0.25) is 0 Å². The topological polar surface area (TPSA) is 49.4 Å². The first-order valence-corrected chi connectivity index (χ1v) is 9.06. The van der Waals surface area contributed by atoms with E-state index >= 15 is 0 Å². The molecule has 0 heterocycles. The van der Waals surface area contributed by atoms with Crippen LogP contribution in [0.2, 0.25) is 0 Å². The first-order chi connectivity index (χ1) is 9.43. The summed E-state index contributed by atoms with van der Waals surface area (Å²) in [5, 5.41) is 3.05. The highest BCUT2D eigenvalue weighted by Gasteiger charge is 2.22. The van der Waals surface area contributed by atoms with Crippen LogP contribution in [0.25, 0.3) is 0 Å². The molecule has 20 heavy (non-hydrogen) atoms. The molecule has 0 amide bonds. The summed E-state index contributed by atoms with van der Waals surface area (Å²) in [4.78, 5) is 0.330. The molecular formula is C14H23BrN2O2S. The number of nitrogens with zero attached hydrogens (tertiary/aromatic N) is 1.